The lowest BCUT2D eigenvalue weighted by Crippen LogP contribution is -2.40. The third-order valence-electron chi connectivity index (χ3n) is 4.50. The first-order valence-corrected chi connectivity index (χ1v) is 6.77. The van der Waals surface area contributed by atoms with Gasteiger partial charge in [-0.2, -0.15) is 0 Å². The van der Waals surface area contributed by atoms with Crippen LogP contribution in [0.2, 0.25) is 0 Å². The van der Waals surface area contributed by atoms with Crippen LogP contribution in [0.1, 0.15) is 39.0 Å². The Balaban J connectivity index is 2.10. The maximum Gasteiger partial charge on any atom is 0.0186 e. The second-order valence-electron chi connectivity index (χ2n) is 5.56. The lowest BCUT2D eigenvalue weighted by atomic mass is 9.62. The van der Waals surface area contributed by atoms with Crippen molar-refractivity contribution in [1.29, 1.82) is 0 Å². The number of halogens is 1. The highest BCUT2D eigenvalue weighted by Crippen LogP contribution is 2.47. The highest BCUT2D eigenvalue weighted by atomic mass is 35.5. The van der Waals surface area contributed by atoms with Gasteiger partial charge in [-0.1, -0.05) is 43.5 Å². The molecule has 2 heteroatoms. The summed E-state index contributed by atoms with van der Waals surface area (Å²) < 4.78 is 0. The van der Waals surface area contributed by atoms with Gasteiger partial charge in [0.05, 0.1) is 0 Å². The quantitative estimate of drug-likeness (QED) is 0.779. The Hall–Kier alpha value is -0.270. The second kappa shape index (κ2) is 4.93. The van der Waals surface area contributed by atoms with E-state index in [0.717, 1.165) is 23.9 Å². The van der Waals surface area contributed by atoms with Gasteiger partial charge in [-0.15, -0.1) is 0 Å². The molecule has 2 N–H and O–H groups in total. The Labute approximate surface area is 104 Å². The van der Waals surface area contributed by atoms with E-state index < -0.39 is 0 Å². The molecule has 1 saturated carbocycles. The summed E-state index contributed by atoms with van der Waals surface area (Å²) in [4.78, 5) is 0. The first kappa shape index (κ1) is 12.2. The molecule has 0 aliphatic heterocycles. The Bertz CT molecular complexity index is 298. The Morgan fingerprint density at radius 2 is 2.12 bits per heavy atom. The summed E-state index contributed by atoms with van der Waals surface area (Å²) in [6, 6.07) is 0. The average Bonchev–Trinajstić information content (AvgIpc) is 2.31. The van der Waals surface area contributed by atoms with Gasteiger partial charge >= 0.3 is 0 Å². The molecule has 2 aliphatic rings. The van der Waals surface area contributed by atoms with E-state index in [0.29, 0.717) is 11.3 Å². The normalized spacial score (nSPS) is 39.6. The van der Waals surface area contributed by atoms with Crippen LogP contribution in [0.15, 0.2) is 23.3 Å². The molecule has 2 aliphatic carbocycles. The Kier molecular flexibility index (Phi) is 3.76. The van der Waals surface area contributed by atoms with Crippen molar-refractivity contribution in [1.82, 2.24) is 0 Å². The van der Waals surface area contributed by atoms with Gasteiger partial charge in [-0.25, -0.2) is 0 Å². The van der Waals surface area contributed by atoms with Gasteiger partial charge in [-0.05, 0) is 49.1 Å². The molecule has 2 rings (SSSR count). The fourth-order valence-electron chi connectivity index (χ4n) is 3.12. The van der Waals surface area contributed by atoms with Gasteiger partial charge in [0.15, 0.2) is 0 Å². The predicted molar refractivity (Wildman–Crippen MR) is 70.3 cm³/mol. The van der Waals surface area contributed by atoms with Gasteiger partial charge in [0.2, 0.25) is 0 Å². The van der Waals surface area contributed by atoms with Gasteiger partial charge in [0.1, 0.15) is 0 Å². The van der Waals surface area contributed by atoms with E-state index in [2.05, 4.69) is 19.1 Å². The monoisotopic (exact) mass is 239 g/mol. The molecule has 0 aromatic heterocycles. The third-order valence-corrected chi connectivity index (χ3v) is 4.78. The van der Waals surface area contributed by atoms with E-state index in [1.807, 2.05) is 6.08 Å². The molecule has 0 radical (unpaired) electrons. The molecule has 0 aromatic carbocycles. The van der Waals surface area contributed by atoms with Gasteiger partial charge in [-0.3, -0.25) is 0 Å². The summed E-state index contributed by atoms with van der Waals surface area (Å²) in [6.45, 7) is 3.16. The third kappa shape index (κ3) is 2.36. The molecule has 90 valence electrons. The van der Waals surface area contributed by atoms with E-state index in [-0.39, 0.29) is 0 Å². The summed E-state index contributed by atoms with van der Waals surface area (Å²) in [5.41, 5.74) is 6.38. The van der Waals surface area contributed by atoms with Crippen LogP contribution in [0.3, 0.4) is 0 Å². The standard InChI is InChI=1S/C14H22ClN/c1-11-5-7-14(10-16,8-6-11)12-3-2-4-13(15)9-12/h2-4,11-12H,5-10,16H2,1H3. The van der Waals surface area contributed by atoms with Crippen LogP contribution in [0.25, 0.3) is 0 Å². The number of hydrogen-bond acceptors (Lipinski definition) is 1. The molecular formula is C14H22ClN. The number of hydrogen-bond donors (Lipinski definition) is 1. The minimum Gasteiger partial charge on any atom is -0.330 e. The summed E-state index contributed by atoms with van der Waals surface area (Å²) in [5, 5.41) is 0.985. The van der Waals surface area contributed by atoms with Crippen LogP contribution in [-0.4, -0.2) is 6.54 Å². The van der Waals surface area contributed by atoms with Gasteiger partial charge in [0, 0.05) is 5.03 Å². The van der Waals surface area contributed by atoms with E-state index in [1.54, 1.807) is 0 Å². The molecule has 1 unspecified atom stereocenters. The molecule has 1 nitrogen and oxygen atoms in total. The van der Waals surface area contributed by atoms with Gasteiger partial charge in [0.25, 0.3) is 0 Å². The first-order valence-electron chi connectivity index (χ1n) is 6.39. The summed E-state index contributed by atoms with van der Waals surface area (Å²) in [5.74, 6) is 1.43. The minimum absolute atomic E-state index is 0.317. The number of nitrogens with two attached hydrogens (primary N) is 1. The Morgan fingerprint density at radius 1 is 1.44 bits per heavy atom. The minimum atomic E-state index is 0.317. The molecule has 0 heterocycles. The van der Waals surface area contributed by atoms with Crippen molar-refractivity contribution in [3.63, 3.8) is 0 Å². The first-order chi connectivity index (χ1) is 7.66. The molecule has 0 saturated heterocycles. The lowest BCUT2D eigenvalue weighted by molar-refractivity contribution is 0.110. The SMILES string of the molecule is CC1CCC(CN)(C2C=CC=C(Cl)C2)CC1. The van der Waals surface area contributed by atoms with Crippen LogP contribution in [-0.2, 0) is 0 Å². The van der Waals surface area contributed by atoms with Crippen LogP contribution in [0.5, 0.6) is 0 Å². The summed E-state index contributed by atoms with van der Waals surface area (Å²) >= 11 is 6.15. The Morgan fingerprint density at radius 3 is 2.69 bits per heavy atom. The van der Waals surface area contributed by atoms with Crippen molar-refractivity contribution in [3.8, 4) is 0 Å². The summed E-state index contributed by atoms with van der Waals surface area (Å²) in [6.07, 6.45) is 12.6. The second-order valence-corrected chi connectivity index (χ2v) is 6.04. The highest BCUT2D eigenvalue weighted by molar-refractivity contribution is 6.29. The van der Waals surface area contributed by atoms with E-state index in [4.69, 9.17) is 17.3 Å². The molecule has 0 amide bonds. The molecular weight excluding hydrogens is 218 g/mol. The van der Waals surface area contributed by atoms with Crippen molar-refractivity contribution >= 4 is 11.6 Å². The van der Waals surface area contributed by atoms with E-state index in [1.165, 1.54) is 25.7 Å². The van der Waals surface area contributed by atoms with Crippen LogP contribution < -0.4 is 5.73 Å². The zero-order valence-electron chi connectivity index (χ0n) is 10.1. The fourth-order valence-corrected chi connectivity index (χ4v) is 3.36. The van der Waals surface area contributed by atoms with Crippen LogP contribution in [0, 0.1) is 17.3 Å². The lowest BCUT2D eigenvalue weighted by Gasteiger charge is -2.44. The van der Waals surface area contributed by atoms with Crippen molar-refractivity contribution in [2.45, 2.75) is 39.0 Å². The van der Waals surface area contributed by atoms with Gasteiger partial charge < -0.3 is 5.73 Å². The summed E-state index contributed by atoms with van der Waals surface area (Å²) in [7, 11) is 0. The molecule has 16 heavy (non-hydrogen) atoms. The zero-order valence-corrected chi connectivity index (χ0v) is 10.8. The van der Waals surface area contributed by atoms with Crippen molar-refractivity contribution in [2.24, 2.45) is 23.0 Å². The highest BCUT2D eigenvalue weighted by Gasteiger charge is 2.39. The van der Waals surface area contributed by atoms with E-state index >= 15 is 0 Å². The average molecular weight is 240 g/mol. The maximum atomic E-state index is 6.15. The van der Waals surface area contributed by atoms with Crippen molar-refractivity contribution in [2.75, 3.05) is 6.54 Å². The molecule has 1 atom stereocenters. The van der Waals surface area contributed by atoms with Crippen molar-refractivity contribution < 1.29 is 0 Å². The fraction of sp³-hybridized carbons (Fsp3) is 0.714. The smallest absolute Gasteiger partial charge is 0.0186 e. The number of rotatable bonds is 2. The predicted octanol–water partition coefficient (Wildman–Crippen LogP) is 3.84. The topological polar surface area (TPSA) is 26.0 Å². The zero-order chi connectivity index (χ0) is 11.6. The van der Waals surface area contributed by atoms with Crippen LogP contribution in [0.4, 0.5) is 0 Å². The molecule has 1 fully saturated rings. The van der Waals surface area contributed by atoms with E-state index in [9.17, 15) is 0 Å². The molecule has 0 aromatic rings. The number of allylic oxidation sites excluding steroid dienone is 4. The molecule has 0 spiro atoms. The van der Waals surface area contributed by atoms with Crippen LogP contribution >= 0.6 is 11.6 Å². The maximum absolute atomic E-state index is 6.15. The largest absolute Gasteiger partial charge is 0.330 e. The molecule has 0 bridgehead atoms. The van der Waals surface area contributed by atoms with Crippen molar-refractivity contribution in [3.05, 3.63) is 23.3 Å².